The van der Waals surface area contributed by atoms with Crippen molar-refractivity contribution in [2.75, 3.05) is 0 Å². The van der Waals surface area contributed by atoms with Gasteiger partial charge in [0.25, 0.3) is 0 Å². The smallest absolute Gasteiger partial charge is 0.254 e. The van der Waals surface area contributed by atoms with Gasteiger partial charge in [-0.1, -0.05) is 72.8 Å². The van der Waals surface area contributed by atoms with Crippen molar-refractivity contribution in [1.29, 1.82) is 0 Å². The standard InChI is InChI=1S/3C12H8N2.CHF3.Co/c3*1-3-9-5-6-10-4-2-8-14-12(10)11(9)13-7-1;2-1(3)4;/h3*1-8H;1H;. The van der Waals surface area contributed by atoms with Crippen LogP contribution in [0.1, 0.15) is 0 Å². The van der Waals surface area contributed by atoms with Crippen LogP contribution in [0.5, 0.6) is 0 Å². The minimum absolute atomic E-state index is 0. The molecule has 0 amide bonds. The summed E-state index contributed by atoms with van der Waals surface area (Å²) < 4.78 is 29.0. The number of alkyl halides is 3. The summed E-state index contributed by atoms with van der Waals surface area (Å²) in [5, 5.41) is 6.83. The van der Waals surface area contributed by atoms with Crippen LogP contribution in [0, 0.1) is 0 Å². The zero-order chi connectivity index (χ0) is 31.7. The van der Waals surface area contributed by atoms with Gasteiger partial charge in [0.05, 0.1) is 33.1 Å². The molecule has 0 saturated heterocycles. The Morgan fingerprint density at radius 1 is 0.298 bits per heavy atom. The Morgan fingerprint density at radius 3 is 0.596 bits per heavy atom. The van der Waals surface area contributed by atoms with Crippen molar-refractivity contribution in [3.05, 3.63) is 146 Å². The number of hydrogen-bond acceptors (Lipinski definition) is 6. The van der Waals surface area contributed by atoms with E-state index >= 15 is 0 Å². The summed E-state index contributed by atoms with van der Waals surface area (Å²) in [6.45, 7) is -3.67. The maximum atomic E-state index is 9.67. The van der Waals surface area contributed by atoms with Crippen molar-refractivity contribution in [3.63, 3.8) is 0 Å². The third kappa shape index (κ3) is 7.81. The minimum Gasteiger partial charge on any atom is -0.254 e. The van der Waals surface area contributed by atoms with Gasteiger partial charge in [0, 0.05) is 86.3 Å². The quantitative estimate of drug-likeness (QED) is 0.150. The van der Waals surface area contributed by atoms with E-state index in [1.54, 1.807) is 37.2 Å². The Morgan fingerprint density at radius 2 is 0.447 bits per heavy atom. The molecule has 0 atom stereocenters. The maximum absolute atomic E-state index is 9.67. The SMILES string of the molecule is FC(F)F.[Co].c1cnc2c(c1)ccc1cccnc12.c1cnc2c(c1)ccc1cccnc12.c1cnc2c(c1)ccc1cccnc12. The fourth-order valence-electron chi connectivity index (χ4n) is 5.04. The first-order valence-corrected chi connectivity index (χ1v) is 14.3. The van der Waals surface area contributed by atoms with E-state index in [1.807, 2.05) is 36.4 Å². The van der Waals surface area contributed by atoms with Gasteiger partial charge >= 0.3 is 6.68 Å². The van der Waals surface area contributed by atoms with Gasteiger partial charge < -0.3 is 0 Å². The van der Waals surface area contributed by atoms with Crippen LogP contribution < -0.4 is 0 Å². The Balaban J connectivity index is 0.000000130. The topological polar surface area (TPSA) is 77.3 Å². The maximum Gasteiger partial charge on any atom is 0.379 e. The van der Waals surface area contributed by atoms with E-state index in [0.717, 1.165) is 65.4 Å². The molecule has 0 bridgehead atoms. The van der Waals surface area contributed by atoms with E-state index in [0.29, 0.717) is 0 Å². The summed E-state index contributed by atoms with van der Waals surface area (Å²) in [6, 6.07) is 36.4. The Labute approximate surface area is 277 Å². The minimum atomic E-state index is -3.67. The molecule has 0 spiro atoms. The Kier molecular flexibility index (Phi) is 10.9. The van der Waals surface area contributed by atoms with Crippen LogP contribution in [0.15, 0.2) is 146 Å². The van der Waals surface area contributed by atoms with Gasteiger partial charge in [-0.3, -0.25) is 29.9 Å². The van der Waals surface area contributed by atoms with E-state index in [4.69, 9.17) is 0 Å². The summed E-state index contributed by atoms with van der Waals surface area (Å²) in [5.74, 6) is 0. The molecule has 0 saturated carbocycles. The van der Waals surface area contributed by atoms with Crippen molar-refractivity contribution in [2.45, 2.75) is 6.68 Å². The van der Waals surface area contributed by atoms with Crippen LogP contribution in [0.3, 0.4) is 0 Å². The number of pyridine rings is 6. The fraction of sp³-hybridized carbons (Fsp3) is 0.0270. The predicted octanol–water partition coefficient (Wildman–Crippen LogP) is 9.52. The summed E-state index contributed by atoms with van der Waals surface area (Å²) in [4.78, 5) is 26.1. The van der Waals surface area contributed by atoms with Gasteiger partial charge in [0.1, 0.15) is 0 Å². The summed E-state index contributed by atoms with van der Waals surface area (Å²) in [7, 11) is 0. The number of halogens is 3. The number of hydrogen-bond donors (Lipinski definition) is 0. The molecule has 0 fully saturated rings. The Bertz CT molecular complexity index is 1980. The predicted molar refractivity (Wildman–Crippen MR) is 178 cm³/mol. The van der Waals surface area contributed by atoms with E-state index < -0.39 is 6.68 Å². The molecule has 9 rings (SSSR count). The molecule has 1 radical (unpaired) electrons. The number of aromatic nitrogens is 6. The van der Waals surface area contributed by atoms with Gasteiger partial charge in [0.15, 0.2) is 0 Å². The molecule has 0 N–H and O–H groups in total. The summed E-state index contributed by atoms with van der Waals surface area (Å²) >= 11 is 0. The van der Waals surface area contributed by atoms with Crippen molar-refractivity contribution in [1.82, 2.24) is 29.9 Å². The molecule has 0 aliphatic rings. The van der Waals surface area contributed by atoms with E-state index in [9.17, 15) is 13.2 Å². The zero-order valence-corrected chi connectivity index (χ0v) is 25.6. The van der Waals surface area contributed by atoms with Gasteiger partial charge in [-0.15, -0.1) is 0 Å². The summed E-state index contributed by atoms with van der Waals surface area (Å²) in [5.41, 5.74) is 5.86. The summed E-state index contributed by atoms with van der Waals surface area (Å²) in [6.07, 6.45) is 10.8. The average molecular weight is 670 g/mol. The van der Waals surface area contributed by atoms with Crippen LogP contribution in [-0.4, -0.2) is 36.6 Å². The molecular formula is C37H25CoF3N6. The molecule has 3 aromatic carbocycles. The van der Waals surface area contributed by atoms with Crippen molar-refractivity contribution in [2.24, 2.45) is 0 Å². The second-order valence-corrected chi connectivity index (χ2v) is 9.89. The molecule has 233 valence electrons. The molecular weight excluding hydrogens is 644 g/mol. The second-order valence-electron chi connectivity index (χ2n) is 9.89. The number of benzene rings is 3. The van der Waals surface area contributed by atoms with Gasteiger partial charge in [0.2, 0.25) is 0 Å². The van der Waals surface area contributed by atoms with E-state index in [2.05, 4.69) is 103 Å². The molecule has 6 heterocycles. The first kappa shape index (κ1) is 32.8. The molecule has 0 unspecified atom stereocenters. The van der Waals surface area contributed by atoms with Crippen LogP contribution in [0.25, 0.3) is 65.4 Å². The molecule has 6 aromatic heterocycles. The number of rotatable bonds is 0. The normalized spacial score (nSPS) is 10.5. The monoisotopic (exact) mass is 669 g/mol. The van der Waals surface area contributed by atoms with Crippen molar-refractivity contribution < 1.29 is 30.0 Å². The van der Waals surface area contributed by atoms with E-state index in [-0.39, 0.29) is 16.8 Å². The first-order chi connectivity index (χ1) is 22.6. The molecule has 6 nitrogen and oxygen atoms in total. The first-order valence-electron chi connectivity index (χ1n) is 14.3. The van der Waals surface area contributed by atoms with E-state index in [1.165, 1.54) is 0 Å². The Hall–Kier alpha value is -5.58. The molecule has 0 aliphatic carbocycles. The number of fused-ring (bicyclic) bond motifs is 9. The van der Waals surface area contributed by atoms with Gasteiger partial charge in [-0.05, 0) is 36.4 Å². The molecule has 9 aromatic rings. The van der Waals surface area contributed by atoms with Gasteiger partial charge in [-0.25, -0.2) is 0 Å². The van der Waals surface area contributed by atoms with Crippen LogP contribution >= 0.6 is 0 Å². The number of nitrogens with zero attached hydrogens (tertiary/aromatic N) is 6. The van der Waals surface area contributed by atoms with Crippen LogP contribution in [0.4, 0.5) is 13.2 Å². The zero-order valence-electron chi connectivity index (χ0n) is 24.6. The largest absolute Gasteiger partial charge is 0.379 e. The van der Waals surface area contributed by atoms with Crippen LogP contribution in [0.2, 0.25) is 0 Å². The van der Waals surface area contributed by atoms with Crippen molar-refractivity contribution in [3.8, 4) is 0 Å². The third-order valence-electron chi connectivity index (χ3n) is 7.03. The fourth-order valence-corrected chi connectivity index (χ4v) is 5.04. The molecule has 10 heteroatoms. The van der Waals surface area contributed by atoms with Crippen LogP contribution in [-0.2, 0) is 16.8 Å². The van der Waals surface area contributed by atoms with Crippen molar-refractivity contribution >= 4 is 65.4 Å². The average Bonchev–Trinajstić information content (AvgIpc) is 3.12. The molecule has 47 heavy (non-hydrogen) atoms. The molecule has 0 aliphatic heterocycles. The second kappa shape index (κ2) is 15.6. The van der Waals surface area contributed by atoms with Gasteiger partial charge in [-0.2, -0.15) is 13.2 Å². The third-order valence-corrected chi connectivity index (χ3v) is 7.03.